The van der Waals surface area contributed by atoms with E-state index in [4.69, 9.17) is 9.84 Å². The molecule has 24 heavy (non-hydrogen) atoms. The molecule has 1 aromatic rings. The maximum Gasteiger partial charge on any atom is 0.306 e. The fraction of sp³-hybridized carbons (Fsp3) is 0.650. The molecule has 0 aliphatic heterocycles. The summed E-state index contributed by atoms with van der Waals surface area (Å²) in [6, 6.07) is 3.96. The zero-order chi connectivity index (χ0) is 18.7. The van der Waals surface area contributed by atoms with Gasteiger partial charge in [-0.25, -0.2) is 0 Å². The molecule has 0 heterocycles. The van der Waals surface area contributed by atoms with E-state index in [0.29, 0.717) is 12.2 Å². The number of esters is 1. The molecule has 0 aromatic heterocycles. The van der Waals surface area contributed by atoms with Gasteiger partial charge in [-0.2, -0.15) is 0 Å². The molecule has 4 heteroatoms. The predicted octanol–water partition coefficient (Wildman–Crippen LogP) is 3.84. The summed E-state index contributed by atoms with van der Waals surface area (Å²) in [7, 11) is 0. The number of hydrogen-bond donors (Lipinski definition) is 2. The summed E-state index contributed by atoms with van der Waals surface area (Å²) in [4.78, 5) is 11.8. The van der Waals surface area contributed by atoms with Crippen molar-refractivity contribution in [3.63, 3.8) is 0 Å². The number of carbonyl (C=O) groups excluding carboxylic acids is 1. The van der Waals surface area contributed by atoms with Gasteiger partial charge in [0.25, 0.3) is 0 Å². The van der Waals surface area contributed by atoms with Gasteiger partial charge < -0.3 is 14.9 Å². The van der Waals surface area contributed by atoms with Crippen molar-refractivity contribution in [1.29, 1.82) is 0 Å². The van der Waals surface area contributed by atoms with Gasteiger partial charge in [0.1, 0.15) is 12.4 Å². The van der Waals surface area contributed by atoms with Crippen LogP contribution in [0.15, 0.2) is 12.1 Å². The first kappa shape index (κ1) is 20.5. The molecular weight excluding hydrogens is 304 g/mol. The molecule has 0 fully saturated rings. The van der Waals surface area contributed by atoms with E-state index in [1.807, 2.05) is 12.1 Å². The van der Waals surface area contributed by atoms with E-state index in [0.717, 1.165) is 16.7 Å². The summed E-state index contributed by atoms with van der Waals surface area (Å²) in [5.41, 5.74) is 2.42. The second kappa shape index (κ2) is 7.56. The second-order valence-electron chi connectivity index (χ2n) is 8.57. The van der Waals surface area contributed by atoms with E-state index in [9.17, 15) is 9.90 Å². The number of ether oxygens (including phenoxy) is 1. The summed E-state index contributed by atoms with van der Waals surface area (Å²) in [5, 5.41) is 19.9. The minimum atomic E-state index is -0.650. The van der Waals surface area contributed by atoms with Crippen LogP contribution >= 0.6 is 0 Å². The zero-order valence-corrected chi connectivity index (χ0v) is 16.1. The Morgan fingerprint density at radius 3 is 1.92 bits per heavy atom. The Balaban J connectivity index is 3.05. The molecule has 136 valence electrons. The number of aromatic hydroxyl groups is 1. The molecule has 0 aliphatic carbocycles. The molecule has 1 unspecified atom stereocenters. The number of aryl methyl sites for hydroxylation is 1. The van der Waals surface area contributed by atoms with E-state index in [1.54, 1.807) is 6.92 Å². The molecule has 0 saturated carbocycles. The monoisotopic (exact) mass is 336 g/mol. The van der Waals surface area contributed by atoms with E-state index < -0.39 is 6.10 Å². The summed E-state index contributed by atoms with van der Waals surface area (Å²) >= 11 is 0. The number of aliphatic hydroxyl groups excluding tert-OH is 1. The van der Waals surface area contributed by atoms with E-state index in [-0.39, 0.29) is 29.8 Å². The highest BCUT2D eigenvalue weighted by atomic mass is 16.5. The van der Waals surface area contributed by atoms with Gasteiger partial charge in [0.2, 0.25) is 0 Å². The molecule has 0 spiro atoms. The van der Waals surface area contributed by atoms with Crippen LogP contribution in [-0.4, -0.2) is 28.9 Å². The fourth-order valence-corrected chi connectivity index (χ4v) is 2.51. The minimum Gasteiger partial charge on any atom is -0.507 e. The summed E-state index contributed by atoms with van der Waals surface area (Å²) in [6.07, 6.45) is 0.151. The van der Waals surface area contributed by atoms with Gasteiger partial charge in [-0.1, -0.05) is 53.7 Å². The third-order valence-electron chi connectivity index (χ3n) is 3.89. The van der Waals surface area contributed by atoms with Gasteiger partial charge in [0, 0.05) is 6.42 Å². The van der Waals surface area contributed by atoms with Crippen LogP contribution in [0.1, 0.15) is 71.6 Å². The Kier molecular flexibility index (Phi) is 6.45. The number of benzene rings is 1. The maximum atomic E-state index is 11.8. The Morgan fingerprint density at radius 2 is 1.54 bits per heavy atom. The number of rotatable bonds is 5. The van der Waals surface area contributed by atoms with Crippen LogP contribution in [-0.2, 0) is 26.8 Å². The van der Waals surface area contributed by atoms with Crippen molar-refractivity contribution in [3.8, 4) is 5.75 Å². The average Bonchev–Trinajstić information content (AvgIpc) is 2.41. The van der Waals surface area contributed by atoms with Crippen molar-refractivity contribution in [3.05, 3.63) is 28.8 Å². The molecule has 0 amide bonds. The van der Waals surface area contributed by atoms with Gasteiger partial charge in [-0.3, -0.25) is 4.79 Å². The minimum absolute atomic E-state index is 0.0227. The standard InChI is InChI=1S/C20H32O4/c1-13(21)12-24-17(22)9-8-14-10-15(19(2,3)4)18(23)16(11-14)20(5,6)7/h10-11,13,21,23H,8-9,12H2,1-7H3. The van der Waals surface area contributed by atoms with Crippen LogP contribution in [0.25, 0.3) is 0 Å². The highest BCUT2D eigenvalue weighted by Crippen LogP contribution is 2.39. The number of phenols is 1. The van der Waals surface area contributed by atoms with Crippen LogP contribution < -0.4 is 0 Å². The van der Waals surface area contributed by atoms with E-state index in [1.165, 1.54) is 0 Å². The van der Waals surface area contributed by atoms with Gasteiger partial charge in [-0.05, 0) is 40.9 Å². The van der Waals surface area contributed by atoms with Crippen LogP contribution in [0.4, 0.5) is 0 Å². The molecule has 0 radical (unpaired) electrons. The Hall–Kier alpha value is -1.55. The predicted molar refractivity (Wildman–Crippen MR) is 96.5 cm³/mol. The average molecular weight is 336 g/mol. The van der Waals surface area contributed by atoms with Crippen molar-refractivity contribution in [2.45, 2.75) is 78.2 Å². The maximum absolute atomic E-state index is 11.8. The molecule has 0 bridgehead atoms. The van der Waals surface area contributed by atoms with E-state index >= 15 is 0 Å². The lowest BCUT2D eigenvalue weighted by Crippen LogP contribution is -2.18. The van der Waals surface area contributed by atoms with Crippen molar-refractivity contribution < 1.29 is 19.7 Å². The summed E-state index contributed by atoms with van der Waals surface area (Å²) < 4.78 is 5.01. The highest BCUT2D eigenvalue weighted by Gasteiger charge is 2.26. The lowest BCUT2D eigenvalue weighted by atomic mass is 9.78. The summed E-state index contributed by atoms with van der Waals surface area (Å²) in [5.74, 6) is 0.0222. The quantitative estimate of drug-likeness (QED) is 0.802. The SMILES string of the molecule is CC(O)COC(=O)CCc1cc(C(C)(C)C)c(O)c(C(C)(C)C)c1. The summed E-state index contributed by atoms with van der Waals surface area (Å²) in [6.45, 7) is 14.0. The molecule has 1 aromatic carbocycles. The van der Waals surface area contributed by atoms with E-state index in [2.05, 4.69) is 41.5 Å². The van der Waals surface area contributed by atoms with Gasteiger partial charge >= 0.3 is 5.97 Å². The van der Waals surface area contributed by atoms with Crippen molar-refractivity contribution in [2.75, 3.05) is 6.61 Å². The third kappa shape index (κ3) is 5.82. The smallest absolute Gasteiger partial charge is 0.306 e. The first-order valence-electron chi connectivity index (χ1n) is 8.53. The highest BCUT2D eigenvalue weighted by molar-refractivity contribution is 5.69. The topological polar surface area (TPSA) is 66.8 Å². The number of hydrogen-bond acceptors (Lipinski definition) is 4. The molecule has 1 atom stereocenters. The molecular formula is C20H32O4. The van der Waals surface area contributed by atoms with Crippen LogP contribution in [0.3, 0.4) is 0 Å². The van der Waals surface area contributed by atoms with Crippen LogP contribution in [0.2, 0.25) is 0 Å². The molecule has 1 rings (SSSR count). The van der Waals surface area contributed by atoms with Crippen LogP contribution in [0.5, 0.6) is 5.75 Å². The lowest BCUT2D eigenvalue weighted by Gasteiger charge is -2.28. The first-order chi connectivity index (χ1) is 10.8. The Labute approximate surface area is 145 Å². The third-order valence-corrected chi connectivity index (χ3v) is 3.89. The fourth-order valence-electron chi connectivity index (χ4n) is 2.51. The molecule has 0 saturated heterocycles. The van der Waals surface area contributed by atoms with Gasteiger partial charge in [0.15, 0.2) is 0 Å². The molecule has 0 aliphatic rings. The van der Waals surface area contributed by atoms with Gasteiger partial charge in [0.05, 0.1) is 6.10 Å². The van der Waals surface area contributed by atoms with Crippen molar-refractivity contribution in [2.24, 2.45) is 0 Å². The largest absolute Gasteiger partial charge is 0.507 e. The second-order valence-corrected chi connectivity index (χ2v) is 8.57. The Morgan fingerprint density at radius 1 is 1.08 bits per heavy atom. The normalized spacial score (nSPS) is 13.7. The Bertz CT molecular complexity index is 539. The lowest BCUT2D eigenvalue weighted by molar-refractivity contribution is -0.146. The number of phenolic OH excluding ortho intramolecular Hbond substituents is 1. The molecule has 4 nitrogen and oxygen atoms in total. The van der Waals surface area contributed by atoms with Crippen LogP contribution in [0, 0.1) is 0 Å². The van der Waals surface area contributed by atoms with Gasteiger partial charge in [-0.15, -0.1) is 0 Å². The number of aliphatic hydroxyl groups is 1. The van der Waals surface area contributed by atoms with Crippen molar-refractivity contribution >= 4 is 5.97 Å². The van der Waals surface area contributed by atoms with Crippen molar-refractivity contribution in [1.82, 2.24) is 0 Å². The molecule has 2 N–H and O–H groups in total. The first-order valence-corrected chi connectivity index (χ1v) is 8.53. The number of carbonyl (C=O) groups is 1. The zero-order valence-electron chi connectivity index (χ0n) is 16.1.